The van der Waals surface area contributed by atoms with Gasteiger partial charge in [0, 0.05) is 18.7 Å². The van der Waals surface area contributed by atoms with E-state index in [0.717, 1.165) is 16.7 Å². The molecule has 2 rings (SSSR count). The molecule has 23 heavy (non-hydrogen) atoms. The number of carbonyl (C=O) groups is 2. The molecule has 0 bridgehead atoms. The van der Waals surface area contributed by atoms with Crippen molar-refractivity contribution in [1.82, 2.24) is 0 Å². The Kier molecular flexibility index (Phi) is 4.84. The van der Waals surface area contributed by atoms with E-state index in [1.165, 1.54) is 11.0 Å². The van der Waals surface area contributed by atoms with E-state index in [4.69, 9.17) is 0 Å². The van der Waals surface area contributed by atoms with Gasteiger partial charge in [-0.25, -0.2) is 4.79 Å². The molecule has 1 amide bonds. The standard InChI is InChI=1S/C19H21NO3/c1-12(2)18(21)20(4)17-10-15(9-16(11-17)19(22)23)14-7-5-13(3)6-8-14/h5-12H,1-4H3,(H,22,23). The molecule has 0 radical (unpaired) electrons. The van der Waals surface area contributed by atoms with Gasteiger partial charge in [-0.2, -0.15) is 0 Å². The van der Waals surface area contributed by atoms with Crippen molar-refractivity contribution in [2.75, 3.05) is 11.9 Å². The Morgan fingerprint density at radius 3 is 2.13 bits per heavy atom. The summed E-state index contributed by atoms with van der Waals surface area (Å²) in [5, 5.41) is 9.35. The number of hydrogen-bond donors (Lipinski definition) is 1. The minimum absolute atomic E-state index is 0.0533. The minimum Gasteiger partial charge on any atom is -0.478 e. The quantitative estimate of drug-likeness (QED) is 0.929. The molecule has 0 aliphatic carbocycles. The zero-order valence-corrected chi connectivity index (χ0v) is 13.8. The van der Waals surface area contributed by atoms with Crippen LogP contribution in [0, 0.1) is 12.8 Å². The Hall–Kier alpha value is -2.62. The van der Waals surface area contributed by atoms with Crippen LogP contribution in [0.2, 0.25) is 0 Å². The maximum atomic E-state index is 12.2. The van der Waals surface area contributed by atoms with Crippen molar-refractivity contribution >= 4 is 17.6 Å². The maximum Gasteiger partial charge on any atom is 0.335 e. The molecule has 0 spiro atoms. The van der Waals surface area contributed by atoms with Crippen LogP contribution in [0.15, 0.2) is 42.5 Å². The first kappa shape index (κ1) is 16.7. The maximum absolute atomic E-state index is 12.2. The van der Waals surface area contributed by atoms with E-state index in [0.29, 0.717) is 5.69 Å². The Morgan fingerprint density at radius 2 is 1.61 bits per heavy atom. The van der Waals surface area contributed by atoms with Crippen molar-refractivity contribution in [3.05, 3.63) is 53.6 Å². The van der Waals surface area contributed by atoms with Crippen LogP contribution >= 0.6 is 0 Å². The third-order valence-electron chi connectivity index (χ3n) is 3.76. The Bertz CT molecular complexity index is 733. The summed E-state index contributed by atoms with van der Waals surface area (Å²) in [6.45, 7) is 5.64. The molecule has 1 N–H and O–H groups in total. The molecule has 0 saturated heterocycles. The summed E-state index contributed by atoms with van der Waals surface area (Å²) >= 11 is 0. The molecule has 0 unspecified atom stereocenters. The Balaban J connectivity index is 2.53. The van der Waals surface area contributed by atoms with Crippen LogP contribution in [0.5, 0.6) is 0 Å². The number of anilines is 1. The van der Waals surface area contributed by atoms with Gasteiger partial charge in [0.1, 0.15) is 0 Å². The molecule has 4 heteroatoms. The minimum atomic E-state index is -1.01. The largest absolute Gasteiger partial charge is 0.478 e. The number of benzene rings is 2. The summed E-state index contributed by atoms with van der Waals surface area (Å²) in [5.74, 6) is -1.22. The highest BCUT2D eigenvalue weighted by molar-refractivity contribution is 5.97. The lowest BCUT2D eigenvalue weighted by Gasteiger charge is -2.21. The molecular formula is C19H21NO3. The fourth-order valence-electron chi connectivity index (χ4n) is 2.36. The van der Waals surface area contributed by atoms with Gasteiger partial charge in [-0.1, -0.05) is 43.7 Å². The van der Waals surface area contributed by atoms with Crippen molar-refractivity contribution in [3.8, 4) is 11.1 Å². The molecule has 0 aliphatic heterocycles. The van der Waals surface area contributed by atoms with E-state index in [9.17, 15) is 14.7 Å². The van der Waals surface area contributed by atoms with Gasteiger partial charge in [-0.05, 0) is 36.2 Å². The lowest BCUT2D eigenvalue weighted by Crippen LogP contribution is -2.30. The third-order valence-corrected chi connectivity index (χ3v) is 3.76. The number of carbonyl (C=O) groups excluding carboxylic acids is 1. The second-order valence-corrected chi connectivity index (χ2v) is 5.99. The van der Waals surface area contributed by atoms with Crippen molar-refractivity contribution in [2.24, 2.45) is 5.92 Å². The van der Waals surface area contributed by atoms with Gasteiger partial charge in [0.2, 0.25) is 5.91 Å². The van der Waals surface area contributed by atoms with Crippen LogP contribution in [0.25, 0.3) is 11.1 Å². The predicted octanol–water partition coefficient (Wildman–Crippen LogP) is 3.98. The molecular weight excluding hydrogens is 290 g/mol. The molecule has 0 fully saturated rings. The first-order valence-electron chi connectivity index (χ1n) is 7.52. The van der Waals surface area contributed by atoms with Gasteiger partial charge in [-0.3, -0.25) is 4.79 Å². The van der Waals surface area contributed by atoms with Crippen LogP contribution in [0.4, 0.5) is 5.69 Å². The molecule has 2 aromatic carbocycles. The molecule has 120 valence electrons. The van der Waals surface area contributed by atoms with E-state index >= 15 is 0 Å². The fraction of sp³-hybridized carbons (Fsp3) is 0.263. The van der Waals surface area contributed by atoms with E-state index in [-0.39, 0.29) is 17.4 Å². The summed E-state index contributed by atoms with van der Waals surface area (Å²) in [6, 6.07) is 12.9. The highest BCUT2D eigenvalue weighted by Gasteiger charge is 2.17. The first-order chi connectivity index (χ1) is 10.8. The summed E-state index contributed by atoms with van der Waals surface area (Å²) in [6.07, 6.45) is 0. The number of rotatable bonds is 4. The number of aromatic carboxylic acids is 1. The number of carboxylic acid groups (broad SMARTS) is 1. The molecule has 0 aromatic heterocycles. The first-order valence-corrected chi connectivity index (χ1v) is 7.52. The molecule has 0 heterocycles. The number of aryl methyl sites for hydroxylation is 1. The third kappa shape index (κ3) is 3.77. The second kappa shape index (κ2) is 6.65. The van der Waals surface area contributed by atoms with Gasteiger partial charge in [0.05, 0.1) is 5.56 Å². The second-order valence-electron chi connectivity index (χ2n) is 5.99. The summed E-state index contributed by atoms with van der Waals surface area (Å²) in [5.41, 5.74) is 3.59. The number of hydrogen-bond acceptors (Lipinski definition) is 2. The lowest BCUT2D eigenvalue weighted by atomic mass is 10.0. The van der Waals surface area contributed by atoms with Gasteiger partial charge in [0.25, 0.3) is 0 Å². The van der Waals surface area contributed by atoms with E-state index in [1.54, 1.807) is 13.1 Å². The van der Waals surface area contributed by atoms with Gasteiger partial charge >= 0.3 is 5.97 Å². The van der Waals surface area contributed by atoms with Crippen molar-refractivity contribution in [1.29, 1.82) is 0 Å². The average Bonchev–Trinajstić information content (AvgIpc) is 2.53. The van der Waals surface area contributed by atoms with Crippen LogP contribution < -0.4 is 4.90 Å². The van der Waals surface area contributed by atoms with E-state index in [2.05, 4.69) is 0 Å². The van der Waals surface area contributed by atoms with Crippen molar-refractivity contribution in [3.63, 3.8) is 0 Å². The highest BCUT2D eigenvalue weighted by Crippen LogP contribution is 2.27. The van der Waals surface area contributed by atoms with Crippen LogP contribution in [-0.4, -0.2) is 24.0 Å². The summed E-state index contributed by atoms with van der Waals surface area (Å²) in [4.78, 5) is 25.1. The SMILES string of the molecule is Cc1ccc(-c2cc(C(=O)O)cc(N(C)C(=O)C(C)C)c2)cc1. The van der Waals surface area contributed by atoms with Crippen molar-refractivity contribution < 1.29 is 14.7 Å². The van der Waals surface area contributed by atoms with Crippen LogP contribution in [0.1, 0.15) is 29.8 Å². The number of carboxylic acids is 1. The number of nitrogens with zero attached hydrogens (tertiary/aromatic N) is 1. The molecule has 0 aliphatic rings. The zero-order chi connectivity index (χ0) is 17.1. The molecule has 2 aromatic rings. The predicted molar refractivity (Wildman–Crippen MR) is 91.8 cm³/mol. The zero-order valence-electron chi connectivity index (χ0n) is 13.8. The Labute approximate surface area is 136 Å². The normalized spacial score (nSPS) is 10.7. The molecule has 0 atom stereocenters. The van der Waals surface area contributed by atoms with Crippen LogP contribution in [0.3, 0.4) is 0 Å². The Morgan fingerprint density at radius 1 is 1.00 bits per heavy atom. The lowest BCUT2D eigenvalue weighted by molar-refractivity contribution is -0.121. The summed E-state index contributed by atoms with van der Waals surface area (Å²) < 4.78 is 0. The van der Waals surface area contributed by atoms with Gasteiger partial charge in [0.15, 0.2) is 0 Å². The topological polar surface area (TPSA) is 57.6 Å². The monoisotopic (exact) mass is 311 g/mol. The molecule has 4 nitrogen and oxygen atoms in total. The highest BCUT2D eigenvalue weighted by atomic mass is 16.4. The van der Waals surface area contributed by atoms with E-state index in [1.807, 2.05) is 51.1 Å². The number of amides is 1. The smallest absolute Gasteiger partial charge is 0.335 e. The van der Waals surface area contributed by atoms with Crippen LogP contribution in [-0.2, 0) is 4.79 Å². The van der Waals surface area contributed by atoms with Crippen molar-refractivity contribution in [2.45, 2.75) is 20.8 Å². The fourth-order valence-corrected chi connectivity index (χ4v) is 2.36. The summed E-state index contributed by atoms with van der Waals surface area (Å²) in [7, 11) is 1.67. The van der Waals surface area contributed by atoms with Gasteiger partial charge in [-0.15, -0.1) is 0 Å². The van der Waals surface area contributed by atoms with Gasteiger partial charge < -0.3 is 10.0 Å². The van der Waals surface area contributed by atoms with E-state index < -0.39 is 5.97 Å². The average molecular weight is 311 g/mol. The molecule has 0 saturated carbocycles.